The van der Waals surface area contributed by atoms with Crippen LogP contribution in [-0.2, 0) is 16.2 Å². The molecule has 0 saturated carbocycles. The van der Waals surface area contributed by atoms with E-state index >= 15 is 0 Å². The third-order valence-corrected chi connectivity index (χ3v) is 7.51. The van der Waals surface area contributed by atoms with Crippen molar-refractivity contribution >= 4 is 42.5 Å². The smallest absolute Gasteiger partial charge is 0.410 e. The fraction of sp³-hybridized carbons (Fsp3) is 0.652. The van der Waals surface area contributed by atoms with E-state index in [-0.39, 0.29) is 12.1 Å². The van der Waals surface area contributed by atoms with Gasteiger partial charge in [0.1, 0.15) is 12.3 Å². The normalized spacial score (nSPS) is 17.8. The highest BCUT2D eigenvalue weighted by molar-refractivity contribution is 6.76. The van der Waals surface area contributed by atoms with Gasteiger partial charge in [-0.1, -0.05) is 31.2 Å². The first-order valence-corrected chi connectivity index (χ1v) is 15.4. The third-order valence-electron chi connectivity index (χ3n) is 5.51. The summed E-state index contributed by atoms with van der Waals surface area (Å²) in [6, 6.07) is 5.25. The topological polar surface area (TPSA) is 59.8 Å². The van der Waals surface area contributed by atoms with Gasteiger partial charge in [0.25, 0.3) is 0 Å². The van der Waals surface area contributed by atoms with Gasteiger partial charge in [0.15, 0.2) is 0 Å². The summed E-state index contributed by atoms with van der Waals surface area (Å²) in [7, 11) is -1.11. The van der Waals surface area contributed by atoms with Crippen LogP contribution in [0.5, 0.6) is 0 Å². The van der Waals surface area contributed by atoms with E-state index in [0.717, 1.165) is 29.4 Å². The Balaban J connectivity index is 1.68. The summed E-state index contributed by atoms with van der Waals surface area (Å²) in [4.78, 5) is 21.0. The Hall–Kier alpha value is -1.77. The van der Waals surface area contributed by atoms with Gasteiger partial charge in [0, 0.05) is 40.4 Å². The zero-order valence-electron chi connectivity index (χ0n) is 20.4. The molecule has 1 aromatic heterocycles. The van der Waals surface area contributed by atoms with Crippen LogP contribution >= 0.6 is 11.6 Å². The van der Waals surface area contributed by atoms with Gasteiger partial charge < -0.3 is 23.8 Å². The number of carbonyl (C=O) groups is 1. The van der Waals surface area contributed by atoms with Gasteiger partial charge in [-0.15, -0.1) is 0 Å². The lowest BCUT2D eigenvalue weighted by molar-refractivity contribution is 0.0219. The minimum absolute atomic E-state index is 0.109. The number of anilines is 1. The number of benzene rings is 1. The van der Waals surface area contributed by atoms with Gasteiger partial charge in [0.05, 0.1) is 28.1 Å². The molecule has 1 atom stereocenters. The number of piperazine rings is 1. The van der Waals surface area contributed by atoms with Gasteiger partial charge in [-0.3, -0.25) is 0 Å². The minimum atomic E-state index is -1.11. The highest BCUT2D eigenvalue weighted by Gasteiger charge is 2.31. The quantitative estimate of drug-likeness (QED) is 0.406. The summed E-state index contributed by atoms with van der Waals surface area (Å²) in [6.07, 6.45) is 1.54. The molecule has 1 fully saturated rings. The second-order valence-corrected chi connectivity index (χ2v) is 16.9. The van der Waals surface area contributed by atoms with E-state index in [1.807, 2.05) is 43.8 Å². The van der Waals surface area contributed by atoms with Crippen LogP contribution in [0.4, 0.5) is 10.5 Å². The largest absolute Gasteiger partial charge is 0.444 e. The van der Waals surface area contributed by atoms with E-state index in [2.05, 4.69) is 36.4 Å². The first-order chi connectivity index (χ1) is 14.8. The highest BCUT2D eigenvalue weighted by Crippen LogP contribution is 2.33. The number of imidazole rings is 1. The molecule has 2 aromatic rings. The average molecular weight is 481 g/mol. The molecule has 7 nitrogen and oxygen atoms in total. The number of amides is 1. The lowest BCUT2D eigenvalue weighted by atomic mass is 10.1. The first-order valence-electron chi connectivity index (χ1n) is 11.3. The van der Waals surface area contributed by atoms with E-state index in [4.69, 9.17) is 21.1 Å². The van der Waals surface area contributed by atoms with Crippen molar-refractivity contribution in [1.82, 2.24) is 14.5 Å². The van der Waals surface area contributed by atoms with Crippen LogP contribution in [0.3, 0.4) is 0 Å². The molecule has 3 rings (SSSR count). The SMILES string of the molecule is CC1CN(C(=O)OC(C)(C)C)CCN1c1cc2ncn(COCC[Si](C)(C)C)c2cc1Cl. The molecular formula is C23H37ClN4O3Si. The lowest BCUT2D eigenvalue weighted by Gasteiger charge is -2.41. The summed E-state index contributed by atoms with van der Waals surface area (Å²) in [5.41, 5.74) is 2.30. The van der Waals surface area contributed by atoms with Crippen LogP contribution in [0.25, 0.3) is 11.0 Å². The lowest BCUT2D eigenvalue weighted by Crippen LogP contribution is -2.54. The molecule has 0 bridgehead atoms. The molecule has 1 aliphatic heterocycles. The van der Waals surface area contributed by atoms with E-state index in [0.29, 0.717) is 31.4 Å². The first kappa shape index (κ1) is 24.9. The molecule has 1 saturated heterocycles. The molecule has 1 unspecified atom stereocenters. The summed E-state index contributed by atoms with van der Waals surface area (Å²) in [5.74, 6) is 0. The second kappa shape index (κ2) is 9.61. The maximum Gasteiger partial charge on any atom is 0.410 e. The molecule has 0 N–H and O–H groups in total. The monoisotopic (exact) mass is 480 g/mol. The van der Waals surface area contributed by atoms with E-state index in [1.54, 1.807) is 4.90 Å². The third kappa shape index (κ3) is 6.39. The van der Waals surface area contributed by atoms with Crippen molar-refractivity contribution in [3.05, 3.63) is 23.5 Å². The molecule has 32 heavy (non-hydrogen) atoms. The van der Waals surface area contributed by atoms with E-state index < -0.39 is 13.7 Å². The Morgan fingerprint density at radius 1 is 1.25 bits per heavy atom. The predicted molar refractivity (Wildman–Crippen MR) is 133 cm³/mol. The molecule has 0 aliphatic carbocycles. The fourth-order valence-corrected chi connectivity index (χ4v) is 4.76. The van der Waals surface area contributed by atoms with Crippen LogP contribution < -0.4 is 4.90 Å². The zero-order valence-corrected chi connectivity index (χ0v) is 22.2. The number of aromatic nitrogens is 2. The summed E-state index contributed by atoms with van der Waals surface area (Å²) < 4.78 is 13.4. The number of rotatable bonds is 6. The van der Waals surface area contributed by atoms with Gasteiger partial charge >= 0.3 is 6.09 Å². The van der Waals surface area contributed by atoms with Gasteiger partial charge in [-0.05, 0) is 45.9 Å². The van der Waals surface area contributed by atoms with Crippen molar-refractivity contribution in [2.24, 2.45) is 0 Å². The van der Waals surface area contributed by atoms with Crippen LogP contribution in [0, 0.1) is 0 Å². The number of hydrogen-bond donors (Lipinski definition) is 0. The molecule has 2 heterocycles. The van der Waals surface area contributed by atoms with Crippen LogP contribution in [0.2, 0.25) is 30.7 Å². The van der Waals surface area contributed by atoms with Crippen LogP contribution in [-0.4, -0.2) is 66.5 Å². The zero-order chi connectivity index (χ0) is 23.7. The minimum Gasteiger partial charge on any atom is -0.444 e. The maximum absolute atomic E-state index is 12.4. The Morgan fingerprint density at radius 3 is 2.59 bits per heavy atom. The van der Waals surface area contributed by atoms with Crippen LogP contribution in [0.1, 0.15) is 27.7 Å². The van der Waals surface area contributed by atoms with E-state index in [1.165, 1.54) is 0 Å². The second-order valence-electron chi connectivity index (χ2n) is 10.8. The van der Waals surface area contributed by atoms with Gasteiger partial charge in [-0.2, -0.15) is 0 Å². The number of nitrogens with zero attached hydrogens (tertiary/aromatic N) is 4. The van der Waals surface area contributed by atoms with E-state index in [9.17, 15) is 4.79 Å². The number of hydrogen-bond acceptors (Lipinski definition) is 5. The van der Waals surface area contributed by atoms with Gasteiger partial charge in [-0.25, -0.2) is 9.78 Å². The molecule has 0 spiro atoms. The van der Waals surface area contributed by atoms with Crippen molar-refractivity contribution < 1.29 is 14.3 Å². The summed E-state index contributed by atoms with van der Waals surface area (Å²) >= 11 is 6.71. The highest BCUT2D eigenvalue weighted by atomic mass is 35.5. The number of ether oxygens (including phenoxy) is 2. The molecule has 0 radical (unpaired) electrons. The molecule has 9 heteroatoms. The van der Waals surface area contributed by atoms with Crippen molar-refractivity contribution in [1.29, 1.82) is 0 Å². The molecule has 1 amide bonds. The summed E-state index contributed by atoms with van der Waals surface area (Å²) in [5, 5.41) is 0.680. The standard InChI is InChI=1S/C23H37ClN4O3Si/c1-17-14-26(22(29)31-23(2,3)4)8-9-28(17)20-13-19-21(12-18(20)24)27(15-25-19)16-30-10-11-32(5,6)7/h12-13,15,17H,8-11,14,16H2,1-7H3. The number of fused-ring (bicyclic) bond motifs is 1. The van der Waals surface area contributed by atoms with Crippen molar-refractivity contribution in [3.8, 4) is 0 Å². The maximum atomic E-state index is 12.4. The van der Waals surface area contributed by atoms with Crippen molar-refractivity contribution in [3.63, 3.8) is 0 Å². The van der Waals surface area contributed by atoms with Crippen LogP contribution in [0.15, 0.2) is 18.5 Å². The Bertz CT molecular complexity index is 951. The molecule has 1 aliphatic rings. The molecule has 178 valence electrons. The Morgan fingerprint density at radius 2 is 1.97 bits per heavy atom. The number of halogens is 1. The Kier molecular flexibility index (Phi) is 7.47. The molecule has 1 aromatic carbocycles. The van der Waals surface area contributed by atoms with Crippen molar-refractivity contribution in [2.45, 2.75) is 71.8 Å². The van der Waals surface area contributed by atoms with Gasteiger partial charge in [0.2, 0.25) is 0 Å². The predicted octanol–water partition coefficient (Wildman–Crippen LogP) is 5.45. The van der Waals surface area contributed by atoms with Crippen molar-refractivity contribution in [2.75, 3.05) is 31.1 Å². The number of carbonyl (C=O) groups excluding carboxylic acids is 1. The molecular weight excluding hydrogens is 444 g/mol. The average Bonchev–Trinajstić information content (AvgIpc) is 3.04. The fourth-order valence-electron chi connectivity index (χ4n) is 3.74. The Labute approximate surface area is 197 Å². The summed E-state index contributed by atoms with van der Waals surface area (Å²) in [6.45, 7) is 17.9.